The number of rotatable bonds is 3. The SMILES string of the molecule is O=P1(c2ccccc2)c2ccccc2-c2cc3c(cc21)c1ccccc1n3-c1ccc(-c2ccc3cccnc3c2)cc1. The topological polar surface area (TPSA) is 34.9 Å². The smallest absolute Gasteiger partial charge is 0.172 e. The van der Waals surface area contributed by atoms with E-state index in [9.17, 15) is 0 Å². The monoisotopic (exact) mass is 568 g/mol. The third kappa shape index (κ3) is 3.49. The molecule has 1 aliphatic heterocycles. The number of nitrogens with zero attached hydrogens (tertiary/aromatic N) is 2. The molecule has 1 atom stereocenters. The van der Waals surface area contributed by atoms with Gasteiger partial charge in [-0.15, -0.1) is 0 Å². The number of hydrogen-bond acceptors (Lipinski definition) is 2. The van der Waals surface area contributed by atoms with Crippen LogP contribution in [0.3, 0.4) is 0 Å². The molecule has 0 saturated carbocycles. The van der Waals surface area contributed by atoms with Crippen molar-refractivity contribution in [2.45, 2.75) is 0 Å². The molecule has 2 aromatic heterocycles. The van der Waals surface area contributed by atoms with Gasteiger partial charge in [0.05, 0.1) is 16.6 Å². The van der Waals surface area contributed by atoms with Gasteiger partial charge in [0.25, 0.3) is 0 Å². The minimum Gasteiger partial charge on any atom is -0.309 e. The van der Waals surface area contributed by atoms with Gasteiger partial charge in [0, 0.05) is 44.0 Å². The molecule has 1 unspecified atom stereocenters. The van der Waals surface area contributed by atoms with Crippen LogP contribution in [0.15, 0.2) is 152 Å². The van der Waals surface area contributed by atoms with Gasteiger partial charge in [0.15, 0.2) is 7.14 Å². The van der Waals surface area contributed by atoms with E-state index in [1.807, 2.05) is 60.8 Å². The second-order valence-corrected chi connectivity index (χ2v) is 13.9. The highest BCUT2D eigenvalue weighted by molar-refractivity contribution is 7.86. The molecule has 0 saturated heterocycles. The first-order valence-electron chi connectivity index (χ1n) is 14.5. The minimum atomic E-state index is -3.02. The Labute approximate surface area is 249 Å². The standard InChI is InChI=1S/C39H25N2OP/c42-43(30-10-2-1-3-11-30)38-15-7-5-13-32(38)34-24-37-33(25-39(34)43)31-12-4-6-14-36(31)41(37)29-20-18-26(19-21-29)28-17-16-27-9-8-22-40-35(27)23-28/h1-25H. The van der Waals surface area contributed by atoms with E-state index in [4.69, 9.17) is 0 Å². The highest BCUT2D eigenvalue weighted by Gasteiger charge is 2.40. The van der Waals surface area contributed by atoms with Crippen LogP contribution in [-0.4, -0.2) is 9.55 Å². The molecule has 0 amide bonds. The maximum Gasteiger partial charge on any atom is 0.172 e. The molecule has 4 heteroatoms. The number of pyridine rings is 1. The van der Waals surface area contributed by atoms with Crippen molar-refractivity contribution in [3.63, 3.8) is 0 Å². The average molecular weight is 569 g/mol. The summed E-state index contributed by atoms with van der Waals surface area (Å²) in [6.45, 7) is 0. The summed E-state index contributed by atoms with van der Waals surface area (Å²) in [5.74, 6) is 0. The van der Waals surface area contributed by atoms with Crippen LogP contribution >= 0.6 is 7.14 Å². The molecule has 3 heterocycles. The van der Waals surface area contributed by atoms with Crippen LogP contribution in [0.25, 0.3) is 60.6 Å². The van der Waals surface area contributed by atoms with Gasteiger partial charge in [0.1, 0.15) is 0 Å². The summed E-state index contributed by atoms with van der Waals surface area (Å²) in [6.07, 6.45) is 1.84. The molecule has 8 aromatic rings. The second-order valence-electron chi connectivity index (χ2n) is 11.2. The molecule has 3 nitrogen and oxygen atoms in total. The zero-order valence-corrected chi connectivity index (χ0v) is 24.1. The Morgan fingerprint density at radius 3 is 2.19 bits per heavy atom. The molecule has 202 valence electrons. The van der Waals surface area contributed by atoms with Crippen LogP contribution in [0, 0.1) is 0 Å². The van der Waals surface area contributed by atoms with Gasteiger partial charge in [-0.3, -0.25) is 4.98 Å². The average Bonchev–Trinajstić information content (AvgIpc) is 3.54. The first kappa shape index (κ1) is 24.4. The summed E-state index contributed by atoms with van der Waals surface area (Å²) in [6, 6.07) is 50.4. The molecule has 0 bridgehead atoms. The fourth-order valence-electron chi connectivity index (χ4n) is 6.83. The Kier molecular flexibility index (Phi) is 5.17. The molecular formula is C39H25N2OP. The van der Waals surface area contributed by atoms with E-state index in [-0.39, 0.29) is 0 Å². The Balaban J connectivity index is 1.26. The molecular weight excluding hydrogens is 543 g/mol. The second kappa shape index (κ2) is 9.13. The summed E-state index contributed by atoms with van der Waals surface area (Å²) in [5, 5.41) is 6.14. The largest absolute Gasteiger partial charge is 0.309 e. The maximum absolute atomic E-state index is 15.2. The van der Waals surface area contributed by atoms with Crippen LogP contribution in [-0.2, 0) is 4.57 Å². The molecule has 0 aliphatic carbocycles. The van der Waals surface area contributed by atoms with E-state index >= 15 is 4.57 Å². The molecule has 43 heavy (non-hydrogen) atoms. The molecule has 9 rings (SSSR count). The minimum absolute atomic E-state index is 0.878. The van der Waals surface area contributed by atoms with E-state index in [1.165, 1.54) is 0 Å². The van der Waals surface area contributed by atoms with E-state index in [0.717, 1.165) is 76.6 Å². The third-order valence-corrected chi connectivity index (χ3v) is 12.0. The van der Waals surface area contributed by atoms with Gasteiger partial charge in [-0.05, 0) is 64.7 Å². The number of aromatic nitrogens is 2. The van der Waals surface area contributed by atoms with Crippen LogP contribution in [0.2, 0.25) is 0 Å². The molecule has 1 aliphatic rings. The normalized spacial score (nSPS) is 15.6. The lowest BCUT2D eigenvalue weighted by atomic mass is 10.0. The summed E-state index contributed by atoms with van der Waals surface area (Å²) in [4.78, 5) is 4.54. The fraction of sp³-hybridized carbons (Fsp3) is 0. The molecule has 0 spiro atoms. The lowest BCUT2D eigenvalue weighted by Gasteiger charge is -2.16. The van der Waals surface area contributed by atoms with Gasteiger partial charge in [-0.1, -0.05) is 103 Å². The van der Waals surface area contributed by atoms with Crippen molar-refractivity contribution in [3.05, 3.63) is 152 Å². The Morgan fingerprint density at radius 2 is 1.30 bits per heavy atom. The zero-order chi connectivity index (χ0) is 28.5. The highest BCUT2D eigenvalue weighted by Crippen LogP contribution is 2.53. The lowest BCUT2D eigenvalue weighted by Crippen LogP contribution is -2.20. The zero-order valence-electron chi connectivity index (χ0n) is 23.2. The van der Waals surface area contributed by atoms with Gasteiger partial charge in [0.2, 0.25) is 0 Å². The van der Waals surface area contributed by atoms with Crippen molar-refractivity contribution in [2.24, 2.45) is 0 Å². The summed E-state index contributed by atoms with van der Waals surface area (Å²) in [5.41, 5.74) is 8.73. The van der Waals surface area contributed by atoms with Gasteiger partial charge < -0.3 is 9.13 Å². The van der Waals surface area contributed by atoms with Crippen LogP contribution in [0.5, 0.6) is 0 Å². The number of benzene rings is 6. The van der Waals surface area contributed by atoms with Crippen molar-refractivity contribution in [1.82, 2.24) is 9.55 Å². The summed E-state index contributed by atoms with van der Waals surface area (Å²) < 4.78 is 17.5. The maximum atomic E-state index is 15.2. The van der Waals surface area contributed by atoms with Crippen molar-refractivity contribution >= 4 is 55.8 Å². The number of fused-ring (bicyclic) bond motifs is 7. The van der Waals surface area contributed by atoms with Gasteiger partial charge >= 0.3 is 0 Å². The predicted molar refractivity (Wildman–Crippen MR) is 180 cm³/mol. The first-order valence-corrected chi connectivity index (χ1v) is 16.2. The third-order valence-electron chi connectivity index (χ3n) is 8.85. The highest BCUT2D eigenvalue weighted by atomic mass is 31.2. The van der Waals surface area contributed by atoms with Gasteiger partial charge in [-0.2, -0.15) is 0 Å². The molecule has 0 N–H and O–H groups in total. The Morgan fingerprint density at radius 1 is 0.535 bits per heavy atom. The van der Waals surface area contributed by atoms with Crippen LogP contribution in [0.1, 0.15) is 0 Å². The van der Waals surface area contributed by atoms with Gasteiger partial charge in [-0.25, -0.2) is 0 Å². The van der Waals surface area contributed by atoms with Crippen LogP contribution in [0.4, 0.5) is 0 Å². The van der Waals surface area contributed by atoms with Crippen molar-refractivity contribution in [1.29, 1.82) is 0 Å². The van der Waals surface area contributed by atoms with Crippen molar-refractivity contribution in [3.8, 4) is 27.9 Å². The molecule has 0 fully saturated rings. The summed E-state index contributed by atoms with van der Waals surface area (Å²) in [7, 11) is -3.02. The summed E-state index contributed by atoms with van der Waals surface area (Å²) >= 11 is 0. The van der Waals surface area contributed by atoms with E-state index < -0.39 is 7.14 Å². The van der Waals surface area contributed by atoms with Crippen LogP contribution < -0.4 is 15.9 Å². The molecule has 6 aromatic carbocycles. The Hall–Kier alpha value is -5.24. The number of hydrogen-bond donors (Lipinski definition) is 0. The fourth-order valence-corrected chi connectivity index (χ4v) is 9.90. The Bertz CT molecular complexity index is 2420. The predicted octanol–water partition coefficient (Wildman–Crippen LogP) is 8.62. The number of para-hydroxylation sites is 1. The van der Waals surface area contributed by atoms with E-state index in [1.54, 1.807) is 0 Å². The van der Waals surface area contributed by atoms with Crippen molar-refractivity contribution < 1.29 is 4.57 Å². The molecule has 0 radical (unpaired) electrons. The van der Waals surface area contributed by atoms with E-state index in [2.05, 4.69) is 101 Å². The van der Waals surface area contributed by atoms with Crippen molar-refractivity contribution in [2.75, 3.05) is 0 Å². The quantitative estimate of drug-likeness (QED) is 0.200. The first-order chi connectivity index (χ1) is 21.2. The lowest BCUT2D eigenvalue weighted by molar-refractivity contribution is 0.593. The van der Waals surface area contributed by atoms with E-state index in [0.29, 0.717) is 0 Å².